The van der Waals surface area contributed by atoms with Gasteiger partial charge in [-0.3, -0.25) is 24.0 Å². The van der Waals surface area contributed by atoms with Crippen molar-refractivity contribution in [3.63, 3.8) is 0 Å². The van der Waals surface area contributed by atoms with Crippen LogP contribution in [0, 0.1) is 12.3 Å². The second-order valence-corrected chi connectivity index (χ2v) is 13.3. The fourth-order valence-corrected chi connectivity index (χ4v) is 5.93. The van der Waals surface area contributed by atoms with Gasteiger partial charge in [0.25, 0.3) is 5.91 Å². The number of carboxylic acids is 1. The minimum absolute atomic E-state index is 0.0730. The van der Waals surface area contributed by atoms with Crippen LogP contribution in [0.2, 0.25) is 0 Å². The number of aliphatic carboxylic acids is 1. The number of carboxylic acid groups (broad SMARTS) is 1. The Balaban J connectivity index is 1.56. The van der Waals surface area contributed by atoms with Gasteiger partial charge in [0.05, 0.1) is 34.6 Å². The first-order chi connectivity index (χ1) is 20.6. The fraction of sp³-hybridized carbons (Fsp3) is 0.533. The number of amides is 4. The third kappa shape index (κ3) is 7.78. The number of nitrogens with one attached hydrogen (secondary N) is 3. The normalized spacial score (nSPS) is 20.4. The van der Waals surface area contributed by atoms with Crippen LogP contribution in [-0.4, -0.2) is 86.6 Å². The number of hydrogen-bond acceptors (Lipinski definition) is 8. The zero-order valence-corrected chi connectivity index (χ0v) is 25.9. The van der Waals surface area contributed by atoms with Gasteiger partial charge in [0.2, 0.25) is 17.7 Å². The number of carbonyl (C=O) groups is 5. The average molecular weight is 632 g/mol. The molecule has 1 saturated heterocycles. The lowest BCUT2D eigenvalue weighted by Gasteiger charge is -2.36. The van der Waals surface area contributed by atoms with Crippen molar-refractivity contribution in [1.29, 1.82) is 0 Å². The van der Waals surface area contributed by atoms with E-state index < -0.39 is 71.5 Å². The number of hydrogen-bond donors (Lipinski definition) is 5. The van der Waals surface area contributed by atoms with Crippen LogP contribution in [0.15, 0.2) is 29.8 Å². The predicted molar refractivity (Wildman–Crippen MR) is 159 cm³/mol. The van der Waals surface area contributed by atoms with E-state index in [9.17, 15) is 33.5 Å². The molecule has 2 aromatic rings. The first-order valence-electron chi connectivity index (χ1n) is 14.4. The first kappa shape index (κ1) is 33.0. The highest BCUT2D eigenvalue weighted by Crippen LogP contribution is 2.40. The quantitative estimate of drug-likeness (QED) is 0.250. The summed E-state index contributed by atoms with van der Waals surface area (Å²) in [6.45, 7) is 6.23. The Kier molecular flexibility index (Phi) is 9.74. The molecule has 5 N–H and O–H groups in total. The molecule has 1 aromatic heterocycles. The molecule has 1 aromatic carbocycles. The number of aryl methyl sites for hydroxylation is 1. The number of alkyl halides is 1. The van der Waals surface area contributed by atoms with Crippen molar-refractivity contribution in [2.24, 2.45) is 5.41 Å². The summed E-state index contributed by atoms with van der Waals surface area (Å²) in [6, 6.07) is 3.94. The average Bonchev–Trinajstić information content (AvgIpc) is 3.36. The lowest BCUT2D eigenvalue weighted by Crippen LogP contribution is -2.59. The molecule has 12 nitrogen and oxygen atoms in total. The Morgan fingerprint density at radius 3 is 2.34 bits per heavy atom. The van der Waals surface area contributed by atoms with Crippen LogP contribution in [0.25, 0.3) is 10.4 Å². The number of carbonyl (C=O) groups excluding carboxylic acids is 4. The summed E-state index contributed by atoms with van der Waals surface area (Å²) < 4.78 is 14.5. The third-order valence-corrected chi connectivity index (χ3v) is 8.79. The van der Waals surface area contributed by atoms with Gasteiger partial charge in [0.15, 0.2) is 5.67 Å². The largest absolute Gasteiger partial charge is 0.480 e. The molecule has 1 aliphatic carbocycles. The molecule has 238 valence electrons. The summed E-state index contributed by atoms with van der Waals surface area (Å²) in [5.41, 5.74) is 1.19. The van der Waals surface area contributed by atoms with Crippen molar-refractivity contribution >= 4 is 40.9 Å². The summed E-state index contributed by atoms with van der Waals surface area (Å²) in [5, 5.41) is 27.1. The molecule has 1 aliphatic heterocycles. The molecule has 2 unspecified atom stereocenters. The van der Waals surface area contributed by atoms with E-state index in [1.165, 1.54) is 16.2 Å². The Morgan fingerprint density at radius 2 is 1.80 bits per heavy atom. The van der Waals surface area contributed by atoms with Gasteiger partial charge in [0, 0.05) is 13.0 Å². The Morgan fingerprint density at radius 1 is 1.14 bits per heavy atom. The summed E-state index contributed by atoms with van der Waals surface area (Å²) in [5.74, 6) is -3.99. The summed E-state index contributed by atoms with van der Waals surface area (Å²) in [7, 11) is 0. The number of nitrogens with zero attached hydrogens (tertiary/aromatic N) is 2. The van der Waals surface area contributed by atoms with Crippen LogP contribution in [0.1, 0.15) is 63.8 Å². The summed E-state index contributed by atoms with van der Waals surface area (Å²) in [6.07, 6.45) is -1.26. The maximum Gasteiger partial charge on any atom is 0.322 e. The van der Waals surface area contributed by atoms with E-state index in [1.807, 2.05) is 19.1 Å². The van der Waals surface area contributed by atoms with E-state index in [2.05, 4.69) is 20.9 Å². The van der Waals surface area contributed by atoms with Gasteiger partial charge >= 0.3 is 5.97 Å². The number of β-amino-alcohol motifs (C(OH)–C–C–N with tert-alkyl or cyclic N) is 1. The molecule has 0 spiro atoms. The maximum atomic E-state index is 14.5. The maximum absolute atomic E-state index is 14.5. The van der Waals surface area contributed by atoms with Gasteiger partial charge in [-0.05, 0) is 36.3 Å². The second-order valence-electron chi connectivity index (χ2n) is 12.5. The van der Waals surface area contributed by atoms with Crippen molar-refractivity contribution in [3.8, 4) is 10.4 Å². The molecule has 4 rings (SSSR count). The minimum Gasteiger partial charge on any atom is -0.480 e. The predicted octanol–water partition coefficient (Wildman–Crippen LogP) is 1.86. The first-order valence-corrected chi connectivity index (χ1v) is 15.2. The number of benzene rings is 1. The molecule has 14 heteroatoms. The number of rotatable bonds is 11. The number of aromatic nitrogens is 1. The second kappa shape index (κ2) is 13.0. The lowest BCUT2D eigenvalue weighted by molar-refractivity contribution is -0.145. The zero-order chi connectivity index (χ0) is 32.4. The third-order valence-electron chi connectivity index (χ3n) is 7.81. The number of halogens is 1. The van der Waals surface area contributed by atoms with E-state index in [0.717, 1.165) is 16.1 Å². The Labute approximate surface area is 258 Å². The van der Waals surface area contributed by atoms with Crippen LogP contribution in [-0.2, 0) is 24.0 Å². The van der Waals surface area contributed by atoms with Crippen molar-refractivity contribution in [2.45, 2.75) is 83.3 Å². The van der Waals surface area contributed by atoms with Crippen molar-refractivity contribution in [3.05, 3.63) is 41.0 Å². The molecule has 2 fully saturated rings. The number of thiazole rings is 1. The summed E-state index contributed by atoms with van der Waals surface area (Å²) in [4.78, 5) is 70.0. The lowest BCUT2D eigenvalue weighted by atomic mass is 9.85. The van der Waals surface area contributed by atoms with Crippen LogP contribution < -0.4 is 16.0 Å². The van der Waals surface area contributed by atoms with Crippen LogP contribution in [0.4, 0.5) is 4.39 Å². The standard InChI is InChI=1S/C30H38FN5O7S/c1-16-24(44-15-33-16)18-7-5-17(6-8-18)20(12-22(38)32-13-23(39)40)34-26(41)21-11-19(37)14-36(21)27(42)25(29(2,3)4)35-28(43)30(31)9-10-30/h5-8,15,19-21,25,37H,9-14H2,1-4H3,(H,32,38)(H,34,41)(H,35,43)(H,39,40)/t19-,20?,21+,25?/m1/s1. The Hall–Kier alpha value is -3.91. The molecule has 0 bridgehead atoms. The van der Waals surface area contributed by atoms with E-state index in [0.29, 0.717) is 5.56 Å². The van der Waals surface area contributed by atoms with Gasteiger partial charge in [0.1, 0.15) is 18.6 Å². The monoisotopic (exact) mass is 631 g/mol. The highest BCUT2D eigenvalue weighted by atomic mass is 32.1. The molecule has 2 aliphatic rings. The van der Waals surface area contributed by atoms with E-state index in [-0.39, 0.29) is 32.2 Å². The molecule has 0 radical (unpaired) electrons. The molecular weight excluding hydrogens is 593 g/mol. The smallest absolute Gasteiger partial charge is 0.322 e. The molecular formula is C30H38FN5O7S. The van der Waals surface area contributed by atoms with Gasteiger partial charge in [-0.1, -0.05) is 45.0 Å². The van der Waals surface area contributed by atoms with E-state index >= 15 is 0 Å². The van der Waals surface area contributed by atoms with Gasteiger partial charge in [-0.15, -0.1) is 11.3 Å². The number of likely N-dealkylation sites (tertiary alicyclic amines) is 1. The van der Waals surface area contributed by atoms with Gasteiger partial charge in [-0.25, -0.2) is 9.37 Å². The topological polar surface area (TPSA) is 178 Å². The number of aliphatic hydroxyl groups is 1. The Bertz CT molecular complexity index is 1420. The van der Waals surface area contributed by atoms with Crippen molar-refractivity contribution in [2.75, 3.05) is 13.1 Å². The highest BCUT2D eigenvalue weighted by molar-refractivity contribution is 7.13. The zero-order valence-electron chi connectivity index (χ0n) is 25.1. The van der Waals surface area contributed by atoms with Crippen LogP contribution in [0.3, 0.4) is 0 Å². The fourth-order valence-electron chi connectivity index (χ4n) is 5.12. The van der Waals surface area contributed by atoms with E-state index in [4.69, 9.17) is 5.11 Å². The van der Waals surface area contributed by atoms with Crippen molar-refractivity contribution < 1.29 is 38.6 Å². The van der Waals surface area contributed by atoms with Crippen LogP contribution in [0.5, 0.6) is 0 Å². The van der Waals surface area contributed by atoms with Gasteiger partial charge < -0.3 is 31.1 Å². The van der Waals surface area contributed by atoms with Crippen LogP contribution >= 0.6 is 11.3 Å². The molecule has 44 heavy (non-hydrogen) atoms. The molecule has 4 atom stereocenters. The van der Waals surface area contributed by atoms with Gasteiger partial charge in [-0.2, -0.15) is 0 Å². The molecule has 2 heterocycles. The minimum atomic E-state index is -2.01. The van der Waals surface area contributed by atoms with Crippen molar-refractivity contribution in [1.82, 2.24) is 25.8 Å². The number of aliphatic hydroxyl groups excluding tert-OH is 1. The van der Waals surface area contributed by atoms with E-state index in [1.54, 1.807) is 38.4 Å². The molecule has 1 saturated carbocycles. The highest BCUT2D eigenvalue weighted by Gasteiger charge is 2.53. The molecule has 4 amide bonds. The summed E-state index contributed by atoms with van der Waals surface area (Å²) >= 11 is 1.47. The SMILES string of the molecule is Cc1ncsc1-c1ccc(C(CC(=O)NCC(=O)O)NC(=O)[C@@H]2C[C@@H](O)CN2C(=O)C(NC(=O)C2(F)CC2)C(C)(C)C)cc1.